The fraction of sp³-hybridized carbons (Fsp3) is 0.812. The zero-order chi connectivity index (χ0) is 16.3. The number of carbonyl (C=O) groups is 3. The van der Waals surface area contributed by atoms with Crippen molar-refractivity contribution in [1.29, 1.82) is 0 Å². The molecule has 0 aromatic heterocycles. The fourth-order valence-corrected chi connectivity index (χ4v) is 3.53. The summed E-state index contributed by atoms with van der Waals surface area (Å²) in [6, 6.07) is 0.230. The molecule has 1 saturated carbocycles. The van der Waals surface area contributed by atoms with Gasteiger partial charge in [0.05, 0.1) is 5.92 Å². The second-order valence-electron chi connectivity index (χ2n) is 6.56. The molecule has 4 atom stereocenters. The van der Waals surface area contributed by atoms with Gasteiger partial charge in [0.2, 0.25) is 5.91 Å². The van der Waals surface area contributed by atoms with Crippen LogP contribution in [-0.2, 0) is 19.1 Å². The molecule has 6 heteroatoms. The smallest absolute Gasteiger partial charge is 0.311 e. The first-order valence-corrected chi connectivity index (χ1v) is 8.10. The van der Waals surface area contributed by atoms with Gasteiger partial charge in [0.25, 0.3) is 5.91 Å². The Morgan fingerprint density at radius 2 is 2.05 bits per heavy atom. The number of ether oxygens (including phenoxy) is 1. The fourth-order valence-electron chi connectivity index (χ4n) is 3.53. The van der Waals surface area contributed by atoms with Crippen molar-refractivity contribution in [2.75, 3.05) is 20.2 Å². The summed E-state index contributed by atoms with van der Waals surface area (Å²) in [7, 11) is 1.49. The maximum absolute atomic E-state index is 12.3. The number of nitrogens with one attached hydrogen (secondary N) is 1. The van der Waals surface area contributed by atoms with Crippen LogP contribution >= 0.6 is 0 Å². The van der Waals surface area contributed by atoms with Gasteiger partial charge in [0.15, 0.2) is 6.61 Å². The van der Waals surface area contributed by atoms with E-state index in [9.17, 15) is 14.4 Å². The Hall–Kier alpha value is -1.59. The molecule has 0 aromatic carbocycles. The van der Waals surface area contributed by atoms with Crippen molar-refractivity contribution in [2.24, 2.45) is 17.8 Å². The summed E-state index contributed by atoms with van der Waals surface area (Å²) >= 11 is 0. The van der Waals surface area contributed by atoms with Crippen molar-refractivity contribution >= 4 is 17.8 Å². The number of nitrogens with zero attached hydrogens (tertiary/aromatic N) is 1. The number of carbonyl (C=O) groups excluding carboxylic acids is 3. The van der Waals surface area contributed by atoms with Gasteiger partial charge in [-0.25, -0.2) is 0 Å². The topological polar surface area (TPSA) is 75.7 Å². The molecule has 2 rings (SSSR count). The summed E-state index contributed by atoms with van der Waals surface area (Å²) in [5.74, 6) is -0.140. The molecule has 1 saturated heterocycles. The van der Waals surface area contributed by atoms with Crippen LogP contribution in [-0.4, -0.2) is 48.9 Å². The first-order chi connectivity index (χ1) is 10.4. The van der Waals surface area contributed by atoms with Gasteiger partial charge in [-0.3, -0.25) is 14.4 Å². The zero-order valence-corrected chi connectivity index (χ0v) is 13.6. The minimum Gasteiger partial charge on any atom is -0.455 e. The molecule has 6 nitrogen and oxygen atoms in total. The molecule has 0 bridgehead atoms. The average molecular weight is 310 g/mol. The SMILES string of the molecule is CNC(=O)COC(=O)[C@@H]1CC(=O)N([C@H]2CCC[C@H](C)[C@H]2C)C1. The molecule has 0 spiro atoms. The Morgan fingerprint density at radius 3 is 2.73 bits per heavy atom. The van der Waals surface area contributed by atoms with Crippen LogP contribution in [0.25, 0.3) is 0 Å². The molecular weight excluding hydrogens is 284 g/mol. The van der Waals surface area contributed by atoms with Crippen LogP contribution in [0.2, 0.25) is 0 Å². The van der Waals surface area contributed by atoms with E-state index in [1.54, 1.807) is 0 Å². The quantitative estimate of drug-likeness (QED) is 0.784. The molecule has 2 fully saturated rings. The normalized spacial score (nSPS) is 32.0. The van der Waals surface area contributed by atoms with Gasteiger partial charge in [-0.1, -0.05) is 26.7 Å². The largest absolute Gasteiger partial charge is 0.455 e. The van der Waals surface area contributed by atoms with Gasteiger partial charge in [0.1, 0.15) is 0 Å². The average Bonchev–Trinajstić information content (AvgIpc) is 2.89. The molecule has 124 valence electrons. The Labute approximate surface area is 131 Å². The number of hydrogen-bond donors (Lipinski definition) is 1. The minimum atomic E-state index is -0.448. The van der Waals surface area contributed by atoms with Gasteiger partial charge in [0, 0.05) is 26.1 Å². The van der Waals surface area contributed by atoms with Crippen molar-refractivity contribution in [1.82, 2.24) is 10.2 Å². The number of likely N-dealkylation sites (N-methyl/N-ethyl adjacent to an activating group) is 1. The Balaban J connectivity index is 1.92. The number of hydrogen-bond acceptors (Lipinski definition) is 4. The molecule has 1 heterocycles. The highest BCUT2D eigenvalue weighted by Gasteiger charge is 2.42. The van der Waals surface area contributed by atoms with E-state index in [1.807, 2.05) is 4.90 Å². The van der Waals surface area contributed by atoms with E-state index in [-0.39, 0.29) is 30.9 Å². The van der Waals surface area contributed by atoms with Crippen LogP contribution in [0.4, 0.5) is 0 Å². The summed E-state index contributed by atoms with van der Waals surface area (Å²) in [5, 5.41) is 2.40. The third-order valence-electron chi connectivity index (χ3n) is 5.18. The maximum Gasteiger partial charge on any atom is 0.311 e. The van der Waals surface area contributed by atoms with Crippen LogP contribution < -0.4 is 5.32 Å². The summed E-state index contributed by atoms with van der Waals surface area (Å²) < 4.78 is 4.98. The lowest BCUT2D eigenvalue weighted by Gasteiger charge is -2.39. The molecule has 0 unspecified atom stereocenters. The van der Waals surface area contributed by atoms with Gasteiger partial charge in [-0.15, -0.1) is 0 Å². The predicted molar refractivity (Wildman–Crippen MR) is 80.8 cm³/mol. The van der Waals surface area contributed by atoms with Crippen molar-refractivity contribution in [3.05, 3.63) is 0 Å². The number of esters is 1. The summed E-state index contributed by atoms with van der Waals surface area (Å²) in [6.45, 7) is 4.56. The van der Waals surface area contributed by atoms with Crippen molar-refractivity contribution in [3.8, 4) is 0 Å². The van der Waals surface area contributed by atoms with Gasteiger partial charge in [-0.05, 0) is 18.3 Å². The van der Waals surface area contributed by atoms with Gasteiger partial charge in [-0.2, -0.15) is 0 Å². The third-order valence-corrected chi connectivity index (χ3v) is 5.18. The monoisotopic (exact) mass is 310 g/mol. The van der Waals surface area contributed by atoms with E-state index in [0.717, 1.165) is 12.8 Å². The standard InChI is InChI=1S/C16H26N2O4/c1-10-5-4-6-13(11(10)2)18-8-12(7-15(18)20)16(21)22-9-14(19)17-3/h10-13H,4-9H2,1-3H3,(H,17,19)/t10-,11+,12+,13-/m0/s1. The summed E-state index contributed by atoms with van der Waals surface area (Å²) in [6.07, 6.45) is 3.55. The highest BCUT2D eigenvalue weighted by Crippen LogP contribution is 2.35. The van der Waals surface area contributed by atoms with Crippen LogP contribution in [0.3, 0.4) is 0 Å². The van der Waals surface area contributed by atoms with Crippen molar-refractivity contribution in [2.45, 2.75) is 45.6 Å². The number of rotatable bonds is 4. The molecule has 2 amide bonds. The first-order valence-electron chi connectivity index (χ1n) is 8.10. The van der Waals surface area contributed by atoms with Crippen LogP contribution in [0.1, 0.15) is 39.5 Å². The molecule has 1 aliphatic carbocycles. The van der Waals surface area contributed by atoms with Crippen LogP contribution in [0.15, 0.2) is 0 Å². The van der Waals surface area contributed by atoms with E-state index in [0.29, 0.717) is 18.4 Å². The predicted octanol–water partition coefficient (Wildman–Crippen LogP) is 0.949. The molecular formula is C16H26N2O4. The number of amides is 2. The van der Waals surface area contributed by atoms with Crippen molar-refractivity contribution in [3.63, 3.8) is 0 Å². The highest BCUT2D eigenvalue weighted by molar-refractivity contribution is 5.88. The van der Waals surface area contributed by atoms with E-state index in [1.165, 1.54) is 13.5 Å². The van der Waals surface area contributed by atoms with E-state index < -0.39 is 11.9 Å². The first kappa shape index (κ1) is 16.8. The third kappa shape index (κ3) is 3.59. The van der Waals surface area contributed by atoms with E-state index in [2.05, 4.69) is 19.2 Å². The van der Waals surface area contributed by atoms with Gasteiger partial charge < -0.3 is 15.0 Å². The summed E-state index contributed by atoms with van der Waals surface area (Å²) in [5.41, 5.74) is 0. The zero-order valence-electron chi connectivity index (χ0n) is 13.6. The molecule has 2 aliphatic rings. The highest BCUT2D eigenvalue weighted by atomic mass is 16.5. The Bertz CT molecular complexity index is 451. The second-order valence-corrected chi connectivity index (χ2v) is 6.56. The molecule has 0 radical (unpaired) electrons. The second kappa shape index (κ2) is 7.11. The van der Waals surface area contributed by atoms with Crippen LogP contribution in [0, 0.1) is 17.8 Å². The number of likely N-dealkylation sites (tertiary alicyclic amines) is 1. The minimum absolute atomic E-state index is 0.0350. The maximum atomic E-state index is 12.3. The Morgan fingerprint density at radius 1 is 1.32 bits per heavy atom. The van der Waals surface area contributed by atoms with E-state index >= 15 is 0 Å². The van der Waals surface area contributed by atoms with Gasteiger partial charge >= 0.3 is 5.97 Å². The van der Waals surface area contributed by atoms with E-state index in [4.69, 9.17) is 4.74 Å². The molecule has 0 aromatic rings. The lowest BCUT2D eigenvalue weighted by Crippen LogP contribution is -2.45. The Kier molecular flexibility index (Phi) is 5.42. The molecule has 22 heavy (non-hydrogen) atoms. The lowest BCUT2D eigenvalue weighted by molar-refractivity contribution is -0.152. The van der Waals surface area contributed by atoms with Crippen molar-refractivity contribution < 1.29 is 19.1 Å². The lowest BCUT2D eigenvalue weighted by atomic mass is 9.77. The molecule has 1 aliphatic heterocycles. The molecule has 1 N–H and O–H groups in total. The summed E-state index contributed by atoms with van der Waals surface area (Å²) in [4.78, 5) is 37.3. The van der Waals surface area contributed by atoms with Crippen LogP contribution in [0.5, 0.6) is 0 Å².